The molecule has 1 atom stereocenters. The van der Waals surface area contributed by atoms with Crippen molar-refractivity contribution >= 4 is 29.1 Å². The zero-order chi connectivity index (χ0) is 18.4. The van der Waals surface area contributed by atoms with E-state index in [1.54, 1.807) is 24.3 Å². The van der Waals surface area contributed by atoms with Crippen molar-refractivity contribution in [1.29, 1.82) is 0 Å². The molecule has 2 aromatic carbocycles. The van der Waals surface area contributed by atoms with Crippen molar-refractivity contribution in [2.45, 2.75) is 32.7 Å². The highest BCUT2D eigenvalue weighted by Crippen LogP contribution is 2.18. The van der Waals surface area contributed by atoms with Crippen molar-refractivity contribution in [1.82, 2.24) is 5.32 Å². The lowest BCUT2D eigenvalue weighted by molar-refractivity contribution is -0.115. The third-order valence-corrected chi connectivity index (χ3v) is 4.04. The summed E-state index contributed by atoms with van der Waals surface area (Å²) in [5.74, 6) is -1.21. The van der Waals surface area contributed by atoms with Gasteiger partial charge in [0.2, 0.25) is 5.91 Å². The maximum Gasteiger partial charge on any atom is 0.253 e. The molecule has 2 rings (SSSR count). The summed E-state index contributed by atoms with van der Waals surface area (Å²) < 4.78 is 13.8. The summed E-state index contributed by atoms with van der Waals surface area (Å²) in [5, 5.41) is 5.81. The molecule has 0 saturated heterocycles. The molecule has 0 bridgehead atoms. The summed E-state index contributed by atoms with van der Waals surface area (Å²) in [6.45, 7) is 3.88. The van der Waals surface area contributed by atoms with Gasteiger partial charge >= 0.3 is 0 Å². The monoisotopic (exact) mass is 362 g/mol. The van der Waals surface area contributed by atoms with E-state index in [1.807, 2.05) is 13.8 Å². The van der Waals surface area contributed by atoms with Crippen LogP contribution in [0.15, 0.2) is 42.5 Å². The number of benzene rings is 2. The average Bonchev–Trinajstić information content (AvgIpc) is 2.57. The highest BCUT2D eigenvalue weighted by atomic mass is 35.5. The molecule has 0 fully saturated rings. The first-order chi connectivity index (χ1) is 11.9. The second kappa shape index (κ2) is 8.62. The number of anilines is 1. The Kier molecular flexibility index (Phi) is 6.53. The molecule has 2 amide bonds. The van der Waals surface area contributed by atoms with Crippen molar-refractivity contribution in [2.24, 2.45) is 0 Å². The molecule has 0 aliphatic rings. The van der Waals surface area contributed by atoms with Crippen LogP contribution in [0.3, 0.4) is 0 Å². The van der Waals surface area contributed by atoms with Gasteiger partial charge < -0.3 is 10.6 Å². The highest BCUT2D eigenvalue weighted by molar-refractivity contribution is 6.30. The molecule has 132 valence electrons. The van der Waals surface area contributed by atoms with Gasteiger partial charge in [-0.15, -0.1) is 0 Å². The van der Waals surface area contributed by atoms with E-state index in [0.717, 1.165) is 12.5 Å². The predicted molar refractivity (Wildman–Crippen MR) is 97.4 cm³/mol. The van der Waals surface area contributed by atoms with Crippen LogP contribution in [0.2, 0.25) is 5.02 Å². The van der Waals surface area contributed by atoms with Crippen LogP contribution < -0.4 is 10.6 Å². The topological polar surface area (TPSA) is 58.2 Å². The molecule has 2 aromatic rings. The summed E-state index contributed by atoms with van der Waals surface area (Å²) >= 11 is 5.71. The Morgan fingerprint density at radius 1 is 1.20 bits per heavy atom. The van der Waals surface area contributed by atoms with Crippen LogP contribution in [0.25, 0.3) is 0 Å². The lowest BCUT2D eigenvalue weighted by Gasteiger charge is -2.14. The smallest absolute Gasteiger partial charge is 0.253 e. The van der Waals surface area contributed by atoms with E-state index in [9.17, 15) is 14.0 Å². The molecule has 25 heavy (non-hydrogen) atoms. The fourth-order valence-electron chi connectivity index (χ4n) is 2.23. The lowest BCUT2D eigenvalue weighted by Crippen LogP contribution is -2.32. The van der Waals surface area contributed by atoms with Crippen molar-refractivity contribution in [2.75, 3.05) is 5.32 Å². The van der Waals surface area contributed by atoms with Crippen LogP contribution in [0.4, 0.5) is 10.1 Å². The number of carbonyl (C=O) groups is 2. The van der Waals surface area contributed by atoms with E-state index in [0.29, 0.717) is 11.3 Å². The first-order valence-corrected chi connectivity index (χ1v) is 8.42. The molecule has 4 nitrogen and oxygen atoms in total. The summed E-state index contributed by atoms with van der Waals surface area (Å²) in [4.78, 5) is 24.6. The number of nitrogens with one attached hydrogen (secondary N) is 2. The molecule has 0 aliphatic carbocycles. The molecule has 0 saturated carbocycles. The van der Waals surface area contributed by atoms with E-state index < -0.39 is 11.7 Å². The van der Waals surface area contributed by atoms with Crippen LogP contribution >= 0.6 is 11.6 Å². The standard InChI is InChI=1S/C19H20ClFN2O2/c1-3-12(2)22-19(25)15-6-4-5-7-17(15)23-18(24)10-13-8-9-14(20)11-16(13)21/h4-9,11-12H,3,10H2,1-2H3,(H,22,25)(H,23,24)/t12-/m0/s1. The number of rotatable bonds is 6. The zero-order valence-corrected chi connectivity index (χ0v) is 14.9. The average molecular weight is 363 g/mol. The van der Waals surface area contributed by atoms with Gasteiger partial charge in [0.25, 0.3) is 5.91 Å². The van der Waals surface area contributed by atoms with Crippen LogP contribution in [0, 0.1) is 5.82 Å². The van der Waals surface area contributed by atoms with Crippen LogP contribution in [-0.4, -0.2) is 17.9 Å². The first-order valence-electron chi connectivity index (χ1n) is 8.04. The quantitative estimate of drug-likeness (QED) is 0.809. The third kappa shape index (κ3) is 5.29. The molecule has 0 spiro atoms. The molecular weight excluding hydrogens is 343 g/mol. The summed E-state index contributed by atoms with van der Waals surface area (Å²) in [6, 6.07) is 10.9. The van der Waals surface area contributed by atoms with E-state index in [-0.39, 0.29) is 29.0 Å². The Balaban J connectivity index is 2.11. The predicted octanol–water partition coefficient (Wildman–Crippen LogP) is 4.19. The second-order valence-corrected chi connectivity index (χ2v) is 6.23. The number of hydrogen-bond acceptors (Lipinski definition) is 2. The van der Waals surface area contributed by atoms with Gasteiger partial charge in [-0.25, -0.2) is 4.39 Å². The molecule has 0 radical (unpaired) electrons. The first kappa shape index (κ1) is 18.9. The van der Waals surface area contributed by atoms with E-state index in [2.05, 4.69) is 10.6 Å². The Morgan fingerprint density at radius 3 is 2.60 bits per heavy atom. The van der Waals surface area contributed by atoms with E-state index >= 15 is 0 Å². The summed E-state index contributed by atoms with van der Waals surface area (Å²) in [5.41, 5.74) is 0.999. The molecule has 2 N–H and O–H groups in total. The van der Waals surface area contributed by atoms with Gasteiger partial charge in [-0.2, -0.15) is 0 Å². The van der Waals surface area contributed by atoms with Gasteiger partial charge in [0.05, 0.1) is 17.7 Å². The maximum absolute atomic E-state index is 13.8. The van der Waals surface area contributed by atoms with Gasteiger partial charge in [0.15, 0.2) is 0 Å². The Bertz CT molecular complexity index is 780. The van der Waals surface area contributed by atoms with Gasteiger partial charge in [0, 0.05) is 11.1 Å². The van der Waals surface area contributed by atoms with Crippen LogP contribution in [0.5, 0.6) is 0 Å². The molecule has 0 heterocycles. The maximum atomic E-state index is 13.8. The Labute approximate surface area is 151 Å². The normalized spacial score (nSPS) is 11.7. The van der Waals surface area contributed by atoms with Gasteiger partial charge in [-0.3, -0.25) is 9.59 Å². The number of carbonyl (C=O) groups excluding carboxylic acids is 2. The zero-order valence-electron chi connectivity index (χ0n) is 14.1. The van der Waals surface area contributed by atoms with Crippen molar-refractivity contribution in [3.63, 3.8) is 0 Å². The molecule has 0 aliphatic heterocycles. The molecule has 6 heteroatoms. The minimum atomic E-state index is -0.537. The number of hydrogen-bond donors (Lipinski definition) is 2. The van der Waals surface area contributed by atoms with Gasteiger partial charge in [-0.1, -0.05) is 36.7 Å². The largest absolute Gasteiger partial charge is 0.350 e. The summed E-state index contributed by atoms with van der Waals surface area (Å²) in [7, 11) is 0. The summed E-state index contributed by atoms with van der Waals surface area (Å²) in [6.07, 6.45) is 0.653. The Morgan fingerprint density at radius 2 is 1.92 bits per heavy atom. The molecule has 0 unspecified atom stereocenters. The minimum Gasteiger partial charge on any atom is -0.350 e. The Hall–Kier alpha value is -2.40. The fourth-order valence-corrected chi connectivity index (χ4v) is 2.38. The lowest BCUT2D eigenvalue weighted by atomic mass is 10.1. The van der Waals surface area contributed by atoms with Crippen LogP contribution in [-0.2, 0) is 11.2 Å². The molecular formula is C19H20ClFN2O2. The van der Waals surface area contributed by atoms with E-state index in [4.69, 9.17) is 11.6 Å². The van der Waals surface area contributed by atoms with Crippen molar-refractivity contribution < 1.29 is 14.0 Å². The SMILES string of the molecule is CC[C@H](C)NC(=O)c1ccccc1NC(=O)Cc1ccc(Cl)cc1F. The number of para-hydroxylation sites is 1. The van der Waals surface area contributed by atoms with Gasteiger partial charge in [-0.05, 0) is 43.2 Å². The van der Waals surface area contributed by atoms with E-state index in [1.165, 1.54) is 12.1 Å². The van der Waals surface area contributed by atoms with Gasteiger partial charge in [0.1, 0.15) is 5.82 Å². The van der Waals surface area contributed by atoms with Crippen molar-refractivity contribution in [3.8, 4) is 0 Å². The second-order valence-electron chi connectivity index (χ2n) is 5.79. The van der Waals surface area contributed by atoms with Crippen LogP contribution in [0.1, 0.15) is 36.2 Å². The highest BCUT2D eigenvalue weighted by Gasteiger charge is 2.15. The minimum absolute atomic E-state index is 0.0272. The third-order valence-electron chi connectivity index (χ3n) is 3.80. The molecule has 0 aromatic heterocycles. The van der Waals surface area contributed by atoms with Crippen molar-refractivity contribution in [3.05, 3.63) is 64.4 Å². The number of halogens is 2. The number of amides is 2. The fraction of sp³-hybridized carbons (Fsp3) is 0.263.